The van der Waals surface area contributed by atoms with E-state index in [0.29, 0.717) is 0 Å². The Labute approximate surface area is 84.4 Å². The van der Waals surface area contributed by atoms with Gasteiger partial charge in [-0.05, 0) is 24.4 Å². The molecule has 0 aliphatic carbocycles. The summed E-state index contributed by atoms with van der Waals surface area (Å²) < 4.78 is 36.8. The fourth-order valence-electron chi connectivity index (χ4n) is 1.01. The van der Waals surface area contributed by atoms with Crippen molar-refractivity contribution in [2.24, 2.45) is 0 Å². The van der Waals surface area contributed by atoms with Gasteiger partial charge in [0.1, 0.15) is 0 Å². The van der Waals surface area contributed by atoms with Crippen LogP contribution in [0.1, 0.15) is 15.9 Å². The van der Waals surface area contributed by atoms with Gasteiger partial charge in [-0.25, -0.2) is 0 Å². The largest absolute Gasteiger partial charge is 0.416 e. The number of alkyl halides is 3. The molecule has 0 radical (unpaired) electrons. The molecule has 0 aliphatic rings. The van der Waals surface area contributed by atoms with Gasteiger partial charge >= 0.3 is 6.18 Å². The average Bonchev–Trinajstić information content (AvgIpc) is 2.17. The van der Waals surface area contributed by atoms with Crippen LogP contribution in [0.15, 0.2) is 37.0 Å². The van der Waals surface area contributed by atoms with Crippen molar-refractivity contribution in [3.8, 4) is 0 Å². The van der Waals surface area contributed by atoms with Crippen LogP contribution < -0.4 is 5.32 Å². The highest BCUT2D eigenvalue weighted by Gasteiger charge is 2.30. The predicted molar refractivity (Wildman–Crippen MR) is 49.1 cm³/mol. The lowest BCUT2D eigenvalue weighted by atomic mass is 10.1. The van der Waals surface area contributed by atoms with Gasteiger partial charge in [-0.15, -0.1) is 0 Å². The Hall–Kier alpha value is -1.78. The SMILES string of the molecule is C=CNC(=O)c1cccc(C(F)(F)F)c1. The summed E-state index contributed by atoms with van der Waals surface area (Å²) in [6.45, 7) is 3.24. The van der Waals surface area contributed by atoms with Crippen LogP contribution in [0.2, 0.25) is 0 Å². The highest BCUT2D eigenvalue weighted by atomic mass is 19.4. The highest BCUT2D eigenvalue weighted by Crippen LogP contribution is 2.29. The van der Waals surface area contributed by atoms with E-state index in [2.05, 4.69) is 11.9 Å². The van der Waals surface area contributed by atoms with Crippen LogP contribution in [-0.4, -0.2) is 5.91 Å². The Kier molecular flexibility index (Phi) is 3.14. The molecular formula is C10H8F3NO. The van der Waals surface area contributed by atoms with Crippen molar-refractivity contribution in [2.75, 3.05) is 0 Å². The minimum atomic E-state index is -4.44. The molecule has 0 atom stereocenters. The van der Waals surface area contributed by atoms with Crippen molar-refractivity contribution < 1.29 is 18.0 Å². The molecular weight excluding hydrogens is 207 g/mol. The topological polar surface area (TPSA) is 29.1 Å². The summed E-state index contributed by atoms with van der Waals surface area (Å²) in [7, 11) is 0. The number of halogens is 3. The predicted octanol–water partition coefficient (Wildman–Crippen LogP) is 2.58. The van der Waals surface area contributed by atoms with Crippen LogP contribution in [0.3, 0.4) is 0 Å². The van der Waals surface area contributed by atoms with E-state index in [1.165, 1.54) is 12.1 Å². The molecule has 0 heterocycles. The van der Waals surface area contributed by atoms with E-state index >= 15 is 0 Å². The highest BCUT2D eigenvalue weighted by molar-refractivity contribution is 5.94. The van der Waals surface area contributed by atoms with Crippen molar-refractivity contribution in [3.63, 3.8) is 0 Å². The molecule has 2 nitrogen and oxygen atoms in total. The molecule has 1 N–H and O–H groups in total. The number of carbonyl (C=O) groups excluding carboxylic acids is 1. The summed E-state index contributed by atoms with van der Waals surface area (Å²) in [6.07, 6.45) is -3.33. The smallest absolute Gasteiger partial charge is 0.329 e. The van der Waals surface area contributed by atoms with Gasteiger partial charge < -0.3 is 5.32 Å². The zero-order valence-electron chi connectivity index (χ0n) is 7.64. The molecule has 0 saturated carbocycles. The Morgan fingerprint density at radius 1 is 1.40 bits per heavy atom. The maximum atomic E-state index is 12.3. The minimum absolute atomic E-state index is 0.0512. The molecule has 0 spiro atoms. The third kappa shape index (κ3) is 2.83. The molecule has 0 aromatic heterocycles. The molecule has 15 heavy (non-hydrogen) atoms. The third-order valence-electron chi connectivity index (χ3n) is 1.69. The monoisotopic (exact) mass is 215 g/mol. The van der Waals surface area contributed by atoms with Crippen LogP contribution in [0, 0.1) is 0 Å². The second kappa shape index (κ2) is 4.16. The fourth-order valence-corrected chi connectivity index (χ4v) is 1.01. The number of benzene rings is 1. The summed E-state index contributed by atoms with van der Waals surface area (Å²) in [5, 5.41) is 2.20. The van der Waals surface area contributed by atoms with Gasteiger partial charge in [-0.2, -0.15) is 13.2 Å². The summed E-state index contributed by atoms with van der Waals surface area (Å²) in [6, 6.07) is 4.18. The molecule has 1 rings (SSSR count). The quantitative estimate of drug-likeness (QED) is 0.807. The number of amides is 1. The standard InChI is InChI=1S/C10H8F3NO/c1-2-14-9(15)7-4-3-5-8(6-7)10(11,12)13/h2-6H,1H2,(H,14,15). The minimum Gasteiger partial charge on any atom is -0.329 e. The first kappa shape index (κ1) is 11.3. The zero-order chi connectivity index (χ0) is 11.5. The number of carbonyl (C=O) groups is 1. The Balaban J connectivity index is 3.03. The van der Waals surface area contributed by atoms with Crippen molar-refractivity contribution >= 4 is 5.91 Å². The van der Waals surface area contributed by atoms with Crippen molar-refractivity contribution in [3.05, 3.63) is 48.2 Å². The van der Waals surface area contributed by atoms with Crippen LogP contribution in [0.4, 0.5) is 13.2 Å². The second-order valence-corrected chi connectivity index (χ2v) is 2.76. The lowest BCUT2D eigenvalue weighted by molar-refractivity contribution is -0.137. The van der Waals surface area contributed by atoms with Gasteiger partial charge in [-0.1, -0.05) is 12.6 Å². The number of hydrogen-bond acceptors (Lipinski definition) is 1. The van der Waals surface area contributed by atoms with Gasteiger partial charge in [0, 0.05) is 5.56 Å². The molecule has 0 bridgehead atoms. The first-order valence-corrected chi connectivity index (χ1v) is 4.04. The number of rotatable bonds is 2. The Morgan fingerprint density at radius 3 is 2.60 bits per heavy atom. The molecule has 0 unspecified atom stereocenters. The Morgan fingerprint density at radius 2 is 2.07 bits per heavy atom. The first-order valence-electron chi connectivity index (χ1n) is 4.04. The van der Waals surface area contributed by atoms with Crippen molar-refractivity contribution in [1.29, 1.82) is 0 Å². The fraction of sp³-hybridized carbons (Fsp3) is 0.100. The van der Waals surface area contributed by atoms with E-state index < -0.39 is 17.6 Å². The number of nitrogens with one attached hydrogen (secondary N) is 1. The zero-order valence-corrected chi connectivity index (χ0v) is 7.64. The molecule has 1 aromatic carbocycles. The molecule has 5 heteroatoms. The number of hydrogen-bond donors (Lipinski definition) is 1. The first-order chi connectivity index (χ1) is 6.95. The van der Waals surface area contributed by atoms with E-state index in [1.54, 1.807) is 0 Å². The molecule has 80 valence electrons. The lowest BCUT2D eigenvalue weighted by Gasteiger charge is -2.07. The summed E-state index contributed by atoms with van der Waals surface area (Å²) >= 11 is 0. The van der Waals surface area contributed by atoms with E-state index in [0.717, 1.165) is 18.3 Å². The maximum absolute atomic E-state index is 12.3. The molecule has 0 fully saturated rings. The van der Waals surface area contributed by atoms with E-state index in [9.17, 15) is 18.0 Å². The molecule has 1 amide bonds. The van der Waals surface area contributed by atoms with Crippen LogP contribution in [-0.2, 0) is 6.18 Å². The van der Waals surface area contributed by atoms with Gasteiger partial charge in [0.2, 0.25) is 0 Å². The Bertz CT molecular complexity index is 384. The van der Waals surface area contributed by atoms with Crippen LogP contribution in [0.5, 0.6) is 0 Å². The molecule has 0 saturated heterocycles. The average molecular weight is 215 g/mol. The molecule has 1 aromatic rings. The summed E-state index contributed by atoms with van der Waals surface area (Å²) in [4.78, 5) is 11.2. The third-order valence-corrected chi connectivity index (χ3v) is 1.69. The van der Waals surface area contributed by atoms with E-state index in [1.807, 2.05) is 0 Å². The summed E-state index contributed by atoms with van der Waals surface area (Å²) in [5.74, 6) is -0.615. The second-order valence-electron chi connectivity index (χ2n) is 2.76. The maximum Gasteiger partial charge on any atom is 0.416 e. The van der Waals surface area contributed by atoms with Gasteiger partial charge in [0.25, 0.3) is 5.91 Å². The van der Waals surface area contributed by atoms with Crippen molar-refractivity contribution in [2.45, 2.75) is 6.18 Å². The van der Waals surface area contributed by atoms with Crippen LogP contribution in [0.25, 0.3) is 0 Å². The molecule has 0 aliphatic heterocycles. The van der Waals surface area contributed by atoms with E-state index in [4.69, 9.17) is 0 Å². The van der Waals surface area contributed by atoms with Crippen molar-refractivity contribution in [1.82, 2.24) is 5.32 Å². The van der Waals surface area contributed by atoms with Gasteiger partial charge in [0.05, 0.1) is 5.56 Å². The van der Waals surface area contributed by atoms with Gasteiger partial charge in [-0.3, -0.25) is 4.79 Å². The van der Waals surface area contributed by atoms with Gasteiger partial charge in [0.15, 0.2) is 0 Å². The normalized spacial score (nSPS) is 10.9. The van der Waals surface area contributed by atoms with E-state index in [-0.39, 0.29) is 5.56 Å². The summed E-state index contributed by atoms with van der Waals surface area (Å²) in [5.41, 5.74) is -0.899. The van der Waals surface area contributed by atoms with Crippen LogP contribution >= 0.6 is 0 Å². The lowest BCUT2D eigenvalue weighted by Crippen LogP contribution is -2.17.